The van der Waals surface area contributed by atoms with Crippen LogP contribution in [-0.2, 0) is 20.9 Å². The SMILES string of the molecule is CCOc1cc(/C=C2/C(=O)N(c3ccc(OC)cc3)C(=S)N2CC(=O)OC)cc(I)c1OCc1cccc(Cl)c1. The number of methoxy groups -OCH3 is 2. The Kier molecular flexibility index (Phi) is 9.88. The largest absolute Gasteiger partial charge is 0.497 e. The number of benzene rings is 3. The lowest BCUT2D eigenvalue weighted by Crippen LogP contribution is -2.35. The molecule has 0 aromatic heterocycles. The average Bonchev–Trinajstić information content (AvgIpc) is 3.16. The number of rotatable bonds is 10. The summed E-state index contributed by atoms with van der Waals surface area (Å²) in [6.45, 7) is 2.36. The van der Waals surface area contributed by atoms with Gasteiger partial charge in [-0.2, -0.15) is 0 Å². The van der Waals surface area contributed by atoms with E-state index in [0.29, 0.717) is 46.7 Å². The first-order valence-electron chi connectivity index (χ1n) is 12.2. The van der Waals surface area contributed by atoms with Crippen LogP contribution in [0.1, 0.15) is 18.1 Å². The van der Waals surface area contributed by atoms with E-state index in [2.05, 4.69) is 22.6 Å². The van der Waals surface area contributed by atoms with Crippen molar-refractivity contribution >= 4 is 75.2 Å². The number of carbonyl (C=O) groups is 2. The molecule has 4 rings (SSSR count). The fraction of sp³-hybridized carbons (Fsp3) is 0.207. The molecular formula is C29H26ClIN2O6S. The topological polar surface area (TPSA) is 77.5 Å². The van der Waals surface area contributed by atoms with Crippen LogP contribution < -0.4 is 19.1 Å². The fourth-order valence-electron chi connectivity index (χ4n) is 4.00. The van der Waals surface area contributed by atoms with Gasteiger partial charge in [0, 0.05) is 5.02 Å². The van der Waals surface area contributed by atoms with Crippen LogP contribution >= 0.6 is 46.4 Å². The van der Waals surface area contributed by atoms with Crippen LogP contribution in [0.25, 0.3) is 6.08 Å². The van der Waals surface area contributed by atoms with Crippen LogP contribution in [0.5, 0.6) is 17.2 Å². The van der Waals surface area contributed by atoms with Crippen molar-refractivity contribution in [2.24, 2.45) is 0 Å². The van der Waals surface area contributed by atoms with E-state index >= 15 is 0 Å². The van der Waals surface area contributed by atoms with Gasteiger partial charge in [-0.3, -0.25) is 14.5 Å². The Balaban J connectivity index is 1.70. The molecule has 0 radical (unpaired) electrons. The smallest absolute Gasteiger partial charge is 0.325 e. The molecule has 3 aromatic rings. The summed E-state index contributed by atoms with van der Waals surface area (Å²) in [7, 11) is 2.85. The van der Waals surface area contributed by atoms with E-state index in [1.165, 1.54) is 16.9 Å². The number of thiocarbonyl (C=S) groups is 1. The second kappa shape index (κ2) is 13.3. The lowest BCUT2D eigenvalue weighted by atomic mass is 10.1. The Morgan fingerprint density at radius 1 is 1.07 bits per heavy atom. The molecule has 8 nitrogen and oxygen atoms in total. The zero-order valence-electron chi connectivity index (χ0n) is 22.0. The normalized spacial score (nSPS) is 14.1. The lowest BCUT2D eigenvalue weighted by molar-refractivity contribution is -0.140. The summed E-state index contributed by atoms with van der Waals surface area (Å²) >= 11 is 13.9. The van der Waals surface area contributed by atoms with Gasteiger partial charge in [-0.25, -0.2) is 0 Å². The van der Waals surface area contributed by atoms with Crippen LogP contribution in [0, 0.1) is 3.57 Å². The predicted octanol–water partition coefficient (Wildman–Crippen LogP) is 6.08. The molecule has 208 valence electrons. The minimum Gasteiger partial charge on any atom is -0.497 e. The van der Waals surface area contributed by atoms with Crippen molar-refractivity contribution in [3.63, 3.8) is 0 Å². The van der Waals surface area contributed by atoms with Crippen LogP contribution in [0.2, 0.25) is 5.02 Å². The van der Waals surface area contributed by atoms with Gasteiger partial charge in [0.15, 0.2) is 16.6 Å². The van der Waals surface area contributed by atoms with Gasteiger partial charge >= 0.3 is 5.97 Å². The molecular weight excluding hydrogens is 667 g/mol. The first kappa shape index (κ1) is 29.6. The van der Waals surface area contributed by atoms with Gasteiger partial charge in [-0.15, -0.1) is 0 Å². The zero-order valence-corrected chi connectivity index (χ0v) is 25.7. The maximum absolute atomic E-state index is 13.7. The van der Waals surface area contributed by atoms with Gasteiger partial charge in [0.25, 0.3) is 5.91 Å². The molecule has 1 aliphatic rings. The Bertz CT molecular complexity index is 1460. The Labute approximate surface area is 256 Å². The molecule has 1 aliphatic heterocycles. The molecule has 0 N–H and O–H groups in total. The van der Waals surface area contributed by atoms with Crippen LogP contribution in [0.4, 0.5) is 5.69 Å². The summed E-state index contributed by atoms with van der Waals surface area (Å²) in [5.41, 5.74) is 2.35. The third kappa shape index (κ3) is 6.68. The first-order valence-corrected chi connectivity index (χ1v) is 14.0. The average molecular weight is 693 g/mol. The second-order valence-electron chi connectivity index (χ2n) is 8.49. The molecule has 1 saturated heterocycles. The quantitative estimate of drug-likeness (QED) is 0.110. The minimum atomic E-state index is -0.535. The Morgan fingerprint density at radius 2 is 1.82 bits per heavy atom. The zero-order chi connectivity index (χ0) is 28.8. The highest BCUT2D eigenvalue weighted by molar-refractivity contribution is 14.1. The third-order valence-electron chi connectivity index (χ3n) is 5.89. The number of hydrogen-bond donors (Lipinski definition) is 0. The highest BCUT2D eigenvalue weighted by Crippen LogP contribution is 2.37. The molecule has 1 amide bonds. The molecule has 0 unspecified atom stereocenters. The number of halogens is 2. The van der Waals surface area contributed by atoms with Gasteiger partial charge < -0.3 is 23.8 Å². The monoisotopic (exact) mass is 692 g/mol. The van der Waals surface area contributed by atoms with E-state index in [9.17, 15) is 9.59 Å². The molecule has 0 aliphatic carbocycles. The summed E-state index contributed by atoms with van der Waals surface area (Å²) in [6, 6.07) is 18.0. The van der Waals surface area contributed by atoms with Crippen molar-refractivity contribution in [1.82, 2.24) is 4.90 Å². The third-order valence-corrected chi connectivity index (χ3v) is 7.33. The highest BCUT2D eigenvalue weighted by atomic mass is 127. The Morgan fingerprint density at radius 3 is 2.48 bits per heavy atom. The number of nitrogens with zero attached hydrogens (tertiary/aromatic N) is 2. The maximum Gasteiger partial charge on any atom is 0.325 e. The van der Waals surface area contributed by atoms with E-state index in [0.717, 1.165) is 9.13 Å². The summed E-state index contributed by atoms with van der Waals surface area (Å²) in [6.07, 6.45) is 1.67. The molecule has 1 heterocycles. The van der Waals surface area contributed by atoms with Gasteiger partial charge in [0.2, 0.25) is 0 Å². The van der Waals surface area contributed by atoms with Crippen LogP contribution in [0.15, 0.2) is 66.4 Å². The number of ether oxygens (including phenoxy) is 4. The van der Waals surface area contributed by atoms with Crippen molar-refractivity contribution in [2.75, 3.05) is 32.3 Å². The standard InChI is InChI=1S/C29H26ClIN2O6S/c1-4-38-25-15-19(13-23(31)27(25)39-17-18-6-5-7-20(30)12-18)14-24-28(35)33(21-8-10-22(36-2)11-9-21)29(40)32(24)16-26(34)37-3/h5-15H,4,16-17H2,1-3H3/b24-14-. The molecule has 3 aromatic carbocycles. The molecule has 0 bridgehead atoms. The number of esters is 1. The summed E-state index contributed by atoms with van der Waals surface area (Å²) in [4.78, 5) is 28.8. The number of anilines is 1. The van der Waals surface area contributed by atoms with Crippen LogP contribution in [0.3, 0.4) is 0 Å². The highest BCUT2D eigenvalue weighted by Gasteiger charge is 2.40. The molecule has 1 fully saturated rings. The van der Waals surface area contributed by atoms with Crippen LogP contribution in [-0.4, -0.2) is 49.3 Å². The number of carbonyl (C=O) groups excluding carboxylic acids is 2. The van der Waals surface area contributed by atoms with Crippen molar-refractivity contribution < 1.29 is 28.5 Å². The van der Waals surface area contributed by atoms with Gasteiger partial charge in [0.05, 0.1) is 30.1 Å². The number of amides is 1. The minimum absolute atomic E-state index is 0.160. The fourth-order valence-corrected chi connectivity index (χ4v) is 5.35. The maximum atomic E-state index is 13.7. The molecule has 40 heavy (non-hydrogen) atoms. The van der Waals surface area contributed by atoms with Crippen molar-refractivity contribution in [3.8, 4) is 17.2 Å². The van der Waals surface area contributed by atoms with E-state index in [4.69, 9.17) is 42.8 Å². The summed E-state index contributed by atoms with van der Waals surface area (Å²) in [5, 5.41) is 0.787. The number of hydrogen-bond acceptors (Lipinski definition) is 7. The van der Waals surface area contributed by atoms with E-state index in [-0.39, 0.29) is 23.3 Å². The van der Waals surface area contributed by atoms with Crippen molar-refractivity contribution in [2.45, 2.75) is 13.5 Å². The molecule has 0 atom stereocenters. The summed E-state index contributed by atoms with van der Waals surface area (Å²) < 4.78 is 22.9. The van der Waals surface area contributed by atoms with E-state index < -0.39 is 5.97 Å². The van der Waals surface area contributed by atoms with E-state index in [1.807, 2.05) is 31.2 Å². The second-order valence-corrected chi connectivity index (χ2v) is 10.5. The van der Waals surface area contributed by atoms with Crippen molar-refractivity contribution in [3.05, 3.63) is 86.1 Å². The molecule has 0 saturated carbocycles. The molecule has 11 heteroatoms. The predicted molar refractivity (Wildman–Crippen MR) is 166 cm³/mol. The van der Waals surface area contributed by atoms with Gasteiger partial charge in [-0.1, -0.05) is 23.7 Å². The van der Waals surface area contributed by atoms with E-state index in [1.54, 1.807) is 49.6 Å². The Hall–Kier alpha value is -3.35. The van der Waals surface area contributed by atoms with Gasteiger partial charge in [0.1, 0.15) is 24.6 Å². The van der Waals surface area contributed by atoms with Gasteiger partial charge in [-0.05, 0) is 107 Å². The molecule has 0 spiro atoms. The first-order chi connectivity index (χ1) is 19.2. The lowest BCUT2D eigenvalue weighted by Gasteiger charge is -2.19. The summed E-state index contributed by atoms with van der Waals surface area (Å²) in [5.74, 6) is 0.812. The van der Waals surface area contributed by atoms with Crippen molar-refractivity contribution in [1.29, 1.82) is 0 Å².